The molecule has 0 spiro atoms. The topological polar surface area (TPSA) is 55.9 Å². The van der Waals surface area contributed by atoms with Gasteiger partial charge in [0, 0.05) is 22.3 Å². The van der Waals surface area contributed by atoms with Crippen LogP contribution in [0.2, 0.25) is 0 Å². The maximum atomic E-state index is 12.4. The van der Waals surface area contributed by atoms with E-state index in [-0.39, 0.29) is 12.4 Å². The Kier molecular flexibility index (Phi) is 7.45. The van der Waals surface area contributed by atoms with Gasteiger partial charge in [0.1, 0.15) is 25.0 Å². The van der Waals surface area contributed by atoms with Crippen LogP contribution in [-0.4, -0.2) is 47.8 Å². The number of nitrogens with zero attached hydrogens (tertiary/aromatic N) is 1. The van der Waals surface area contributed by atoms with E-state index in [2.05, 4.69) is 17.7 Å². The van der Waals surface area contributed by atoms with Crippen LogP contribution in [0.5, 0.6) is 5.75 Å². The van der Waals surface area contributed by atoms with Gasteiger partial charge in [-0.1, -0.05) is 31.4 Å². The van der Waals surface area contributed by atoms with Gasteiger partial charge in [-0.15, -0.1) is 0 Å². The molecule has 0 saturated carbocycles. The highest BCUT2D eigenvalue weighted by Crippen LogP contribution is 2.32. The predicted molar refractivity (Wildman–Crippen MR) is 125 cm³/mol. The fourth-order valence-electron chi connectivity index (χ4n) is 4.08. The first-order chi connectivity index (χ1) is 15.0. The molecule has 5 heteroatoms. The van der Waals surface area contributed by atoms with Crippen molar-refractivity contribution in [2.24, 2.45) is 0 Å². The summed E-state index contributed by atoms with van der Waals surface area (Å²) in [5.74, 6) is 0.649. The van der Waals surface area contributed by atoms with E-state index in [1.807, 2.05) is 67.6 Å². The highest BCUT2D eigenvalue weighted by Gasteiger charge is 2.19. The van der Waals surface area contributed by atoms with E-state index in [1.54, 1.807) is 6.92 Å². The van der Waals surface area contributed by atoms with E-state index in [0.29, 0.717) is 17.9 Å². The van der Waals surface area contributed by atoms with E-state index in [4.69, 9.17) is 4.74 Å². The average Bonchev–Trinajstić information content (AvgIpc) is 3.04. The second-order valence-electron chi connectivity index (χ2n) is 7.77. The maximum absolute atomic E-state index is 12.4. The lowest BCUT2D eigenvalue weighted by Gasteiger charge is -2.20. The molecule has 1 atom stereocenters. The summed E-state index contributed by atoms with van der Waals surface area (Å²) < 4.78 is 7.98. The number of carbonyl (C=O) groups is 1. The van der Waals surface area contributed by atoms with Gasteiger partial charge >= 0.3 is 0 Å². The molecule has 31 heavy (non-hydrogen) atoms. The first-order valence-corrected chi connectivity index (χ1v) is 10.5. The normalized spacial score (nSPS) is 12.1. The molecule has 0 aliphatic carbocycles. The number of ketones is 1. The van der Waals surface area contributed by atoms with Crippen molar-refractivity contribution in [1.29, 1.82) is 0 Å². The molecular formula is C26H31N2O3+. The van der Waals surface area contributed by atoms with Crippen LogP contribution in [0, 0.1) is 6.92 Å². The quantitative estimate of drug-likeness (QED) is 0.371. The number of Topliss-reactive ketones (excluding diaryl/α,β-unsaturated/α-hetero) is 1. The molecule has 0 unspecified atom stereocenters. The lowest BCUT2D eigenvalue weighted by atomic mass is 10.1. The zero-order chi connectivity index (χ0) is 22.4. The lowest BCUT2D eigenvalue weighted by molar-refractivity contribution is -0.891. The predicted octanol–water partition coefficient (Wildman–Crippen LogP) is 3.14. The molecule has 2 aromatic carbocycles. The summed E-state index contributed by atoms with van der Waals surface area (Å²) >= 11 is 0. The Morgan fingerprint density at radius 3 is 2.45 bits per heavy atom. The van der Waals surface area contributed by atoms with Crippen molar-refractivity contribution in [3.05, 3.63) is 85.1 Å². The summed E-state index contributed by atoms with van der Waals surface area (Å²) in [6.07, 6.45) is 3.06. The van der Waals surface area contributed by atoms with Crippen LogP contribution >= 0.6 is 0 Å². The Morgan fingerprint density at radius 2 is 1.84 bits per heavy atom. The number of quaternary nitrogens is 1. The van der Waals surface area contributed by atoms with Gasteiger partial charge in [0.25, 0.3) is 0 Å². The number of carbonyl (C=O) groups excluding carboxylic acids is 1. The molecule has 5 nitrogen and oxygen atoms in total. The van der Waals surface area contributed by atoms with Gasteiger partial charge in [0.15, 0.2) is 5.78 Å². The molecule has 1 aromatic heterocycles. The van der Waals surface area contributed by atoms with Gasteiger partial charge < -0.3 is 19.3 Å². The molecule has 3 rings (SSSR count). The van der Waals surface area contributed by atoms with E-state index in [0.717, 1.165) is 35.4 Å². The second-order valence-corrected chi connectivity index (χ2v) is 7.77. The first kappa shape index (κ1) is 22.5. The lowest BCUT2D eigenvalue weighted by Crippen LogP contribution is -3.12. The SMILES string of the molecule is C=CC[NH+](CC=C)C[C@@H](O)COc1ccc2c(c1)c(C(C)=O)c(C)n2-c1ccccc1. The van der Waals surface area contributed by atoms with Crippen LogP contribution < -0.4 is 9.64 Å². The van der Waals surface area contributed by atoms with Crippen molar-refractivity contribution in [3.63, 3.8) is 0 Å². The Morgan fingerprint density at radius 1 is 1.16 bits per heavy atom. The highest BCUT2D eigenvalue weighted by molar-refractivity contribution is 6.09. The van der Waals surface area contributed by atoms with Gasteiger partial charge in [-0.3, -0.25) is 4.79 Å². The van der Waals surface area contributed by atoms with E-state index >= 15 is 0 Å². The minimum atomic E-state index is -0.617. The third kappa shape index (κ3) is 5.13. The highest BCUT2D eigenvalue weighted by atomic mass is 16.5. The van der Waals surface area contributed by atoms with E-state index in [1.165, 1.54) is 4.90 Å². The number of benzene rings is 2. The number of ether oxygens (including phenoxy) is 1. The largest absolute Gasteiger partial charge is 0.491 e. The maximum Gasteiger partial charge on any atom is 0.162 e. The van der Waals surface area contributed by atoms with Crippen LogP contribution in [0.3, 0.4) is 0 Å². The number of aliphatic hydroxyl groups excluding tert-OH is 1. The van der Waals surface area contributed by atoms with Crippen molar-refractivity contribution in [2.75, 3.05) is 26.2 Å². The molecule has 3 aromatic rings. The summed E-state index contributed by atoms with van der Waals surface area (Å²) in [7, 11) is 0. The number of hydrogen-bond donors (Lipinski definition) is 2. The first-order valence-electron chi connectivity index (χ1n) is 10.5. The van der Waals surface area contributed by atoms with Gasteiger partial charge in [-0.25, -0.2) is 0 Å². The van der Waals surface area contributed by atoms with Gasteiger partial charge in [0.2, 0.25) is 0 Å². The zero-order valence-corrected chi connectivity index (χ0v) is 18.3. The fraction of sp³-hybridized carbons (Fsp3) is 0.269. The number of para-hydroxylation sites is 1. The molecule has 0 bridgehead atoms. The van der Waals surface area contributed by atoms with Gasteiger partial charge in [-0.2, -0.15) is 0 Å². The summed E-state index contributed by atoms with van der Waals surface area (Å²) in [5.41, 5.74) is 3.56. The molecule has 0 aliphatic rings. The Bertz CT molecular complexity index is 1060. The molecule has 0 amide bonds. The van der Waals surface area contributed by atoms with E-state index in [9.17, 15) is 9.90 Å². The third-order valence-corrected chi connectivity index (χ3v) is 5.37. The van der Waals surface area contributed by atoms with Crippen LogP contribution in [0.1, 0.15) is 23.0 Å². The smallest absolute Gasteiger partial charge is 0.162 e. The van der Waals surface area contributed by atoms with Crippen molar-refractivity contribution in [1.82, 2.24) is 4.57 Å². The molecule has 162 valence electrons. The second kappa shape index (κ2) is 10.2. The number of fused-ring (bicyclic) bond motifs is 1. The van der Waals surface area contributed by atoms with Crippen molar-refractivity contribution >= 4 is 16.7 Å². The molecule has 0 aliphatic heterocycles. The Balaban J connectivity index is 1.85. The number of aliphatic hydroxyl groups is 1. The summed E-state index contributed by atoms with van der Waals surface area (Å²) in [6.45, 7) is 13.3. The van der Waals surface area contributed by atoms with Crippen LogP contribution in [0.4, 0.5) is 0 Å². The monoisotopic (exact) mass is 419 g/mol. The van der Waals surface area contributed by atoms with Crippen molar-refractivity contribution < 1.29 is 19.5 Å². The average molecular weight is 420 g/mol. The molecular weight excluding hydrogens is 388 g/mol. The summed E-state index contributed by atoms with van der Waals surface area (Å²) in [6, 6.07) is 15.7. The molecule has 0 fully saturated rings. The van der Waals surface area contributed by atoms with Crippen molar-refractivity contribution in [3.8, 4) is 11.4 Å². The molecule has 2 N–H and O–H groups in total. The van der Waals surface area contributed by atoms with Gasteiger partial charge in [0.05, 0.1) is 18.6 Å². The van der Waals surface area contributed by atoms with Crippen LogP contribution in [0.15, 0.2) is 73.8 Å². The summed E-state index contributed by atoms with van der Waals surface area (Å²) in [5, 5.41) is 11.3. The number of rotatable bonds is 11. The third-order valence-electron chi connectivity index (χ3n) is 5.37. The van der Waals surface area contributed by atoms with Crippen LogP contribution in [0.25, 0.3) is 16.6 Å². The Labute approximate surface area is 183 Å². The van der Waals surface area contributed by atoms with Gasteiger partial charge in [-0.05, 0) is 56.3 Å². The van der Waals surface area contributed by atoms with Crippen molar-refractivity contribution in [2.45, 2.75) is 20.0 Å². The zero-order valence-electron chi connectivity index (χ0n) is 18.3. The molecule has 0 radical (unpaired) electrons. The number of nitrogens with one attached hydrogen (secondary N) is 1. The standard InChI is InChI=1S/C26H30N2O3/c1-5-14-27(15-6-2)17-22(30)18-31-23-12-13-25-24(16-23)26(20(4)29)19(3)28(25)21-10-8-7-9-11-21/h5-13,16,22,30H,1-2,14-15,17-18H2,3-4H3/p+1/t22-/m1/s1. The summed E-state index contributed by atoms with van der Waals surface area (Å²) in [4.78, 5) is 13.6. The van der Waals surface area contributed by atoms with Crippen LogP contribution in [-0.2, 0) is 0 Å². The number of aromatic nitrogens is 1. The molecule has 1 heterocycles. The van der Waals surface area contributed by atoms with E-state index < -0.39 is 6.10 Å². The Hall–Kier alpha value is -3.15. The fourth-order valence-corrected chi connectivity index (χ4v) is 4.08. The molecule has 0 saturated heterocycles. The number of hydrogen-bond acceptors (Lipinski definition) is 3. The minimum Gasteiger partial charge on any atom is -0.491 e. The minimum absolute atomic E-state index is 0.0162.